The van der Waals surface area contributed by atoms with Gasteiger partial charge in [-0.3, -0.25) is 20.2 Å². The van der Waals surface area contributed by atoms with Crippen molar-refractivity contribution in [3.8, 4) is 17.2 Å². The third-order valence-electron chi connectivity index (χ3n) is 2.89. The number of methoxy groups -OCH3 is 1. The average Bonchev–Trinajstić information content (AvgIpc) is 2.53. The van der Waals surface area contributed by atoms with Crippen molar-refractivity contribution in [2.75, 3.05) is 7.11 Å². The summed E-state index contributed by atoms with van der Waals surface area (Å²) in [5.41, 5.74) is -1.13. The molecule has 2 rings (SSSR count). The Morgan fingerprint density at radius 2 is 1.79 bits per heavy atom. The predicted octanol–water partition coefficient (Wildman–Crippen LogP) is 2.79. The third-order valence-corrected chi connectivity index (χ3v) is 2.89. The topological polar surface area (TPSA) is 142 Å². The van der Waals surface area contributed by atoms with Crippen molar-refractivity contribution in [1.29, 1.82) is 0 Å². The lowest BCUT2D eigenvalue weighted by molar-refractivity contribution is -0.394. The number of rotatable bonds is 5. The summed E-state index contributed by atoms with van der Waals surface area (Å²) in [6.07, 6.45) is 0. The molecule has 0 aliphatic rings. The number of ether oxygens (including phenoxy) is 2. The Morgan fingerprint density at radius 1 is 1.08 bits per heavy atom. The van der Waals surface area contributed by atoms with Gasteiger partial charge in [0.2, 0.25) is 5.75 Å². The average molecular weight is 334 g/mol. The number of carbonyl (C=O) groups excluding carboxylic acids is 1. The van der Waals surface area contributed by atoms with Gasteiger partial charge < -0.3 is 14.6 Å². The Hall–Kier alpha value is -3.69. The van der Waals surface area contributed by atoms with Gasteiger partial charge in [0, 0.05) is 12.1 Å². The standard InChI is InChI=1S/C14H10N2O8/c1-23-14(18)8-4-10(17)7-11(5-8)24-13-3-2-9(15(19)20)6-12(13)16(21)22/h2-7,17H,1H3. The minimum absolute atomic E-state index is 0.0305. The molecule has 0 spiro atoms. The summed E-state index contributed by atoms with van der Waals surface area (Å²) < 4.78 is 9.80. The minimum atomic E-state index is -0.841. The lowest BCUT2D eigenvalue weighted by Crippen LogP contribution is -2.01. The molecule has 24 heavy (non-hydrogen) atoms. The number of hydrogen-bond donors (Lipinski definition) is 1. The number of nitro groups is 2. The van der Waals surface area contributed by atoms with Crippen LogP contribution in [-0.4, -0.2) is 28.0 Å². The van der Waals surface area contributed by atoms with E-state index < -0.39 is 27.2 Å². The number of aromatic hydroxyl groups is 1. The SMILES string of the molecule is COC(=O)c1cc(O)cc(Oc2ccc([N+](=O)[O-])cc2[N+](=O)[O-])c1. The highest BCUT2D eigenvalue weighted by Gasteiger charge is 2.21. The van der Waals surface area contributed by atoms with E-state index in [0.29, 0.717) is 0 Å². The number of carbonyl (C=O) groups is 1. The van der Waals surface area contributed by atoms with Gasteiger partial charge in [-0.25, -0.2) is 4.79 Å². The molecule has 124 valence electrons. The van der Waals surface area contributed by atoms with E-state index in [1.165, 1.54) is 6.07 Å². The third kappa shape index (κ3) is 3.55. The summed E-state index contributed by atoms with van der Waals surface area (Å²) in [6.45, 7) is 0. The van der Waals surface area contributed by atoms with E-state index in [-0.39, 0.29) is 22.8 Å². The van der Waals surface area contributed by atoms with E-state index in [4.69, 9.17) is 4.74 Å². The fourth-order valence-electron chi connectivity index (χ4n) is 1.85. The molecule has 2 aromatic rings. The van der Waals surface area contributed by atoms with Crippen LogP contribution in [0.5, 0.6) is 17.2 Å². The maximum absolute atomic E-state index is 11.5. The maximum Gasteiger partial charge on any atom is 0.338 e. The molecule has 0 unspecified atom stereocenters. The van der Waals surface area contributed by atoms with Crippen LogP contribution >= 0.6 is 0 Å². The lowest BCUT2D eigenvalue weighted by Gasteiger charge is -2.08. The molecule has 0 bridgehead atoms. The molecule has 0 saturated heterocycles. The van der Waals surface area contributed by atoms with Crippen molar-refractivity contribution >= 4 is 17.3 Å². The summed E-state index contributed by atoms with van der Waals surface area (Å²) in [7, 11) is 1.15. The van der Waals surface area contributed by atoms with E-state index in [1.54, 1.807) is 0 Å². The predicted molar refractivity (Wildman–Crippen MR) is 79.3 cm³/mol. The van der Waals surface area contributed by atoms with Crippen LogP contribution in [0.15, 0.2) is 36.4 Å². The van der Waals surface area contributed by atoms with Crippen molar-refractivity contribution < 1.29 is 29.2 Å². The Kier molecular flexibility index (Phi) is 4.59. The molecule has 0 amide bonds. The van der Waals surface area contributed by atoms with Crippen LogP contribution in [0.1, 0.15) is 10.4 Å². The summed E-state index contributed by atoms with van der Waals surface area (Å²) in [5, 5.41) is 31.4. The fourth-order valence-corrected chi connectivity index (χ4v) is 1.85. The summed E-state index contributed by atoms with van der Waals surface area (Å²) in [5.74, 6) is -1.43. The van der Waals surface area contributed by atoms with E-state index in [9.17, 15) is 30.1 Å². The van der Waals surface area contributed by atoms with Crippen molar-refractivity contribution in [2.24, 2.45) is 0 Å². The number of esters is 1. The molecule has 0 saturated carbocycles. The van der Waals surface area contributed by atoms with Gasteiger partial charge in [-0.05, 0) is 18.2 Å². The van der Waals surface area contributed by atoms with Crippen LogP contribution < -0.4 is 4.74 Å². The summed E-state index contributed by atoms with van der Waals surface area (Å²) in [4.78, 5) is 31.6. The Labute approximate surface area is 134 Å². The molecule has 10 nitrogen and oxygen atoms in total. The van der Waals surface area contributed by atoms with Crippen LogP contribution in [0.3, 0.4) is 0 Å². The zero-order chi connectivity index (χ0) is 17.9. The van der Waals surface area contributed by atoms with Crippen LogP contribution in [0.2, 0.25) is 0 Å². The van der Waals surface area contributed by atoms with Gasteiger partial charge >= 0.3 is 11.7 Å². The number of nitrogens with zero attached hydrogens (tertiary/aromatic N) is 2. The number of hydrogen-bond acceptors (Lipinski definition) is 8. The van der Waals surface area contributed by atoms with Crippen molar-refractivity contribution in [3.05, 3.63) is 62.2 Å². The molecule has 0 aromatic heterocycles. The molecule has 0 radical (unpaired) electrons. The first kappa shape index (κ1) is 16.7. The molecular weight excluding hydrogens is 324 g/mol. The van der Waals surface area contributed by atoms with Gasteiger partial charge in [0.15, 0.2) is 0 Å². The Balaban J connectivity index is 2.44. The van der Waals surface area contributed by atoms with Gasteiger partial charge in [0.1, 0.15) is 11.5 Å². The van der Waals surface area contributed by atoms with Crippen LogP contribution in [-0.2, 0) is 4.74 Å². The van der Waals surface area contributed by atoms with E-state index in [1.807, 2.05) is 0 Å². The van der Waals surface area contributed by atoms with E-state index in [0.717, 1.165) is 37.4 Å². The highest BCUT2D eigenvalue weighted by molar-refractivity contribution is 5.90. The molecule has 0 atom stereocenters. The van der Waals surface area contributed by atoms with Gasteiger partial charge in [-0.15, -0.1) is 0 Å². The number of phenolic OH excluding ortho intramolecular Hbond substituents is 1. The van der Waals surface area contributed by atoms with Crippen LogP contribution in [0.25, 0.3) is 0 Å². The molecule has 1 N–H and O–H groups in total. The van der Waals surface area contributed by atoms with Gasteiger partial charge in [-0.1, -0.05) is 0 Å². The van der Waals surface area contributed by atoms with Gasteiger partial charge in [0.25, 0.3) is 5.69 Å². The molecule has 0 fully saturated rings. The number of non-ortho nitro benzene ring substituents is 1. The molecule has 0 aliphatic heterocycles. The number of benzene rings is 2. The largest absolute Gasteiger partial charge is 0.508 e. The quantitative estimate of drug-likeness (QED) is 0.499. The second-order valence-corrected chi connectivity index (χ2v) is 4.48. The number of nitro benzene ring substituents is 2. The molecule has 2 aromatic carbocycles. The zero-order valence-corrected chi connectivity index (χ0v) is 12.2. The summed E-state index contributed by atoms with van der Waals surface area (Å²) in [6, 6.07) is 6.29. The smallest absolute Gasteiger partial charge is 0.338 e. The molecular formula is C14H10N2O8. The second-order valence-electron chi connectivity index (χ2n) is 4.48. The van der Waals surface area contributed by atoms with Crippen LogP contribution in [0, 0.1) is 20.2 Å². The first-order valence-corrected chi connectivity index (χ1v) is 6.35. The van der Waals surface area contributed by atoms with Crippen molar-refractivity contribution in [2.45, 2.75) is 0 Å². The monoisotopic (exact) mass is 334 g/mol. The summed E-state index contributed by atoms with van der Waals surface area (Å²) >= 11 is 0. The minimum Gasteiger partial charge on any atom is -0.508 e. The Morgan fingerprint density at radius 3 is 2.38 bits per heavy atom. The van der Waals surface area contributed by atoms with Crippen LogP contribution in [0.4, 0.5) is 11.4 Å². The fraction of sp³-hybridized carbons (Fsp3) is 0.0714. The Bertz CT molecular complexity index is 834. The van der Waals surface area contributed by atoms with E-state index in [2.05, 4.69) is 4.74 Å². The first-order valence-electron chi connectivity index (χ1n) is 6.35. The normalized spacial score (nSPS) is 10.0. The second kappa shape index (κ2) is 6.60. The van der Waals surface area contributed by atoms with Gasteiger partial charge in [0.05, 0.1) is 28.6 Å². The maximum atomic E-state index is 11.5. The molecule has 0 heterocycles. The highest BCUT2D eigenvalue weighted by atomic mass is 16.6. The molecule has 0 aliphatic carbocycles. The highest BCUT2D eigenvalue weighted by Crippen LogP contribution is 2.35. The first-order chi connectivity index (χ1) is 11.3. The lowest BCUT2D eigenvalue weighted by atomic mass is 10.2. The number of phenols is 1. The van der Waals surface area contributed by atoms with Crippen molar-refractivity contribution in [3.63, 3.8) is 0 Å². The molecule has 10 heteroatoms. The zero-order valence-electron chi connectivity index (χ0n) is 12.2. The van der Waals surface area contributed by atoms with E-state index >= 15 is 0 Å². The van der Waals surface area contributed by atoms with Gasteiger partial charge in [-0.2, -0.15) is 0 Å². The van der Waals surface area contributed by atoms with Crippen molar-refractivity contribution in [1.82, 2.24) is 0 Å².